The van der Waals surface area contributed by atoms with Crippen LogP contribution in [0.2, 0.25) is 0 Å². The smallest absolute Gasteiger partial charge is 0.170 e. The predicted octanol–water partition coefficient (Wildman–Crippen LogP) is 3.80. The van der Waals surface area contributed by atoms with E-state index in [9.17, 15) is 10.1 Å². The van der Waals surface area contributed by atoms with E-state index < -0.39 is 0 Å². The minimum Gasteiger partial charge on any atom is -0.360 e. The molecule has 2 aromatic rings. The molecule has 3 rings (SSSR count). The van der Waals surface area contributed by atoms with Crippen molar-refractivity contribution in [3.05, 3.63) is 35.5 Å². The van der Waals surface area contributed by atoms with Gasteiger partial charge in [0.25, 0.3) is 0 Å². The van der Waals surface area contributed by atoms with Gasteiger partial charge in [-0.05, 0) is 25.0 Å². The minimum atomic E-state index is -0.252. The fourth-order valence-electron chi connectivity index (χ4n) is 3.16. The largest absolute Gasteiger partial charge is 0.360 e. The number of rotatable bonds is 2. The van der Waals surface area contributed by atoms with Crippen molar-refractivity contribution in [1.82, 2.24) is 4.98 Å². The third-order valence-electron chi connectivity index (χ3n) is 4.33. The topological polar surface area (TPSA) is 56.6 Å². The number of benzene rings is 1. The quantitative estimate of drug-likeness (QED) is 0.826. The van der Waals surface area contributed by atoms with Gasteiger partial charge in [0.2, 0.25) is 0 Å². The predicted molar refractivity (Wildman–Crippen MR) is 73.9 cm³/mol. The molecule has 0 unspecified atom stereocenters. The van der Waals surface area contributed by atoms with Crippen molar-refractivity contribution in [2.45, 2.75) is 32.6 Å². The lowest BCUT2D eigenvalue weighted by Crippen LogP contribution is -2.24. The summed E-state index contributed by atoms with van der Waals surface area (Å²) >= 11 is 0. The minimum absolute atomic E-state index is 0.180. The summed E-state index contributed by atoms with van der Waals surface area (Å²) in [4.78, 5) is 15.9. The molecule has 96 valence electrons. The highest BCUT2D eigenvalue weighted by Crippen LogP contribution is 2.41. The van der Waals surface area contributed by atoms with E-state index >= 15 is 0 Å². The summed E-state index contributed by atoms with van der Waals surface area (Å²) in [6, 6.07) is 7.69. The number of ketones is 1. The molecule has 1 fully saturated rings. The molecule has 1 aliphatic carbocycles. The van der Waals surface area contributed by atoms with E-state index in [-0.39, 0.29) is 11.2 Å². The van der Waals surface area contributed by atoms with Crippen LogP contribution in [0.3, 0.4) is 0 Å². The maximum Gasteiger partial charge on any atom is 0.170 e. The van der Waals surface area contributed by atoms with E-state index in [4.69, 9.17) is 0 Å². The summed E-state index contributed by atoms with van der Waals surface area (Å²) in [6.45, 7) is 2.05. The number of nitrogens with one attached hydrogen (secondary N) is 1. The van der Waals surface area contributed by atoms with Gasteiger partial charge in [0, 0.05) is 28.1 Å². The van der Waals surface area contributed by atoms with Crippen LogP contribution in [0, 0.1) is 16.7 Å². The summed E-state index contributed by atoms with van der Waals surface area (Å²) in [7, 11) is 0. The van der Waals surface area contributed by atoms with Crippen LogP contribution >= 0.6 is 0 Å². The number of hydrogen-bond acceptors (Lipinski definition) is 2. The first-order chi connectivity index (χ1) is 9.15. The Hall–Kier alpha value is -2.08. The van der Waals surface area contributed by atoms with Crippen molar-refractivity contribution < 1.29 is 4.79 Å². The summed E-state index contributed by atoms with van der Waals surface area (Å²) in [5.74, 6) is 0.180. The standard InChI is InChI=1S/C16H16N2O/c1-16(7-2-3-8-16)15(19)12-10-18-13-6-4-5-11(9-17)14(12)13/h4-6,10,18H,2-3,7-8H2,1H3. The highest BCUT2D eigenvalue weighted by molar-refractivity contribution is 6.12. The van der Waals surface area contributed by atoms with Gasteiger partial charge in [-0.2, -0.15) is 5.26 Å². The number of carbonyl (C=O) groups excluding carboxylic acids is 1. The number of Topliss-reactive ketones (excluding diaryl/α,β-unsaturated/α-hetero) is 1. The molecule has 0 amide bonds. The molecule has 1 N–H and O–H groups in total. The maximum atomic E-state index is 12.8. The molecule has 0 radical (unpaired) electrons. The Morgan fingerprint density at radius 2 is 2.11 bits per heavy atom. The van der Waals surface area contributed by atoms with Gasteiger partial charge >= 0.3 is 0 Å². The number of fused-ring (bicyclic) bond motifs is 1. The highest BCUT2D eigenvalue weighted by Gasteiger charge is 2.37. The van der Waals surface area contributed by atoms with Gasteiger partial charge in [0.05, 0.1) is 11.6 Å². The molecule has 1 aromatic carbocycles. The molecule has 0 bridgehead atoms. The summed E-state index contributed by atoms with van der Waals surface area (Å²) in [6.07, 6.45) is 5.91. The molecule has 0 saturated heterocycles. The summed E-state index contributed by atoms with van der Waals surface area (Å²) in [5.41, 5.74) is 1.86. The van der Waals surface area contributed by atoms with Crippen molar-refractivity contribution in [3.8, 4) is 6.07 Å². The van der Waals surface area contributed by atoms with Crippen LogP contribution < -0.4 is 0 Å². The molecule has 1 heterocycles. The number of carbonyl (C=O) groups is 1. The second-order valence-corrected chi connectivity index (χ2v) is 5.64. The summed E-state index contributed by atoms with van der Waals surface area (Å²) < 4.78 is 0. The van der Waals surface area contributed by atoms with Crippen molar-refractivity contribution in [1.29, 1.82) is 5.26 Å². The van der Waals surface area contributed by atoms with Crippen LogP contribution in [0.1, 0.15) is 48.5 Å². The Morgan fingerprint density at radius 3 is 2.79 bits per heavy atom. The average molecular weight is 252 g/mol. The van der Waals surface area contributed by atoms with Crippen molar-refractivity contribution in [2.24, 2.45) is 5.41 Å². The third kappa shape index (κ3) is 1.76. The van der Waals surface area contributed by atoms with Gasteiger partial charge in [0.1, 0.15) is 0 Å². The van der Waals surface area contributed by atoms with E-state index in [1.165, 1.54) is 0 Å². The van der Waals surface area contributed by atoms with Crippen LogP contribution in [-0.2, 0) is 0 Å². The number of aromatic amines is 1. The Kier molecular flexibility index (Phi) is 2.67. The molecular weight excluding hydrogens is 236 g/mol. The van der Waals surface area contributed by atoms with Crippen LogP contribution in [0.5, 0.6) is 0 Å². The molecule has 0 aliphatic heterocycles. The summed E-state index contributed by atoms with van der Waals surface area (Å²) in [5, 5.41) is 10.00. The van der Waals surface area contributed by atoms with Crippen molar-refractivity contribution in [2.75, 3.05) is 0 Å². The monoisotopic (exact) mass is 252 g/mol. The van der Waals surface area contributed by atoms with E-state index in [0.717, 1.165) is 36.6 Å². The molecule has 0 spiro atoms. The van der Waals surface area contributed by atoms with Crippen molar-refractivity contribution >= 4 is 16.7 Å². The number of aromatic nitrogens is 1. The number of nitriles is 1. The second-order valence-electron chi connectivity index (χ2n) is 5.64. The lowest BCUT2D eigenvalue weighted by Gasteiger charge is -2.21. The first-order valence-corrected chi connectivity index (χ1v) is 6.71. The van der Waals surface area contributed by atoms with Gasteiger partial charge in [0.15, 0.2) is 5.78 Å². The zero-order valence-electron chi connectivity index (χ0n) is 11.0. The van der Waals surface area contributed by atoms with E-state index in [2.05, 4.69) is 18.0 Å². The average Bonchev–Trinajstić information content (AvgIpc) is 3.04. The Bertz CT molecular complexity index is 684. The van der Waals surface area contributed by atoms with Crippen LogP contribution in [0.15, 0.2) is 24.4 Å². The molecule has 19 heavy (non-hydrogen) atoms. The Morgan fingerprint density at radius 1 is 1.37 bits per heavy atom. The van der Waals surface area contributed by atoms with Crippen LogP contribution in [0.4, 0.5) is 0 Å². The fraction of sp³-hybridized carbons (Fsp3) is 0.375. The second kappa shape index (κ2) is 4.24. The lowest BCUT2D eigenvalue weighted by atomic mass is 9.80. The van der Waals surface area contributed by atoms with Crippen LogP contribution in [-0.4, -0.2) is 10.8 Å². The highest BCUT2D eigenvalue weighted by atomic mass is 16.1. The van der Waals surface area contributed by atoms with Crippen molar-refractivity contribution in [3.63, 3.8) is 0 Å². The number of hydrogen-bond donors (Lipinski definition) is 1. The molecule has 3 nitrogen and oxygen atoms in total. The molecule has 1 aromatic heterocycles. The fourth-order valence-corrected chi connectivity index (χ4v) is 3.16. The first-order valence-electron chi connectivity index (χ1n) is 6.71. The first kappa shape index (κ1) is 12.0. The molecule has 1 saturated carbocycles. The number of H-pyrrole nitrogens is 1. The Labute approximate surface area is 112 Å². The third-order valence-corrected chi connectivity index (χ3v) is 4.33. The zero-order valence-corrected chi connectivity index (χ0v) is 11.0. The maximum absolute atomic E-state index is 12.8. The normalized spacial score (nSPS) is 17.5. The van der Waals surface area contributed by atoms with E-state index in [0.29, 0.717) is 11.1 Å². The molecule has 0 atom stereocenters. The van der Waals surface area contributed by atoms with Crippen LogP contribution in [0.25, 0.3) is 10.9 Å². The Balaban J connectivity index is 2.16. The van der Waals surface area contributed by atoms with Gasteiger partial charge in [-0.25, -0.2) is 0 Å². The molecule has 3 heteroatoms. The van der Waals surface area contributed by atoms with Gasteiger partial charge in [-0.15, -0.1) is 0 Å². The SMILES string of the molecule is CC1(C(=O)c2c[nH]c3cccc(C#N)c23)CCCC1. The molecular formula is C16H16N2O. The van der Waals surface area contributed by atoms with E-state index in [1.54, 1.807) is 12.3 Å². The van der Waals surface area contributed by atoms with Gasteiger partial charge in [-0.1, -0.05) is 25.8 Å². The van der Waals surface area contributed by atoms with E-state index in [1.807, 2.05) is 12.1 Å². The van der Waals surface area contributed by atoms with Gasteiger partial charge < -0.3 is 4.98 Å². The van der Waals surface area contributed by atoms with Gasteiger partial charge in [-0.3, -0.25) is 4.79 Å². The lowest BCUT2D eigenvalue weighted by molar-refractivity contribution is 0.0825. The number of nitrogens with zero attached hydrogens (tertiary/aromatic N) is 1. The molecule has 1 aliphatic rings. The zero-order chi connectivity index (χ0) is 13.5.